The van der Waals surface area contributed by atoms with Gasteiger partial charge in [-0.05, 0) is 30.9 Å². The van der Waals surface area contributed by atoms with Gasteiger partial charge in [-0.15, -0.1) is 0 Å². The number of carbonyl (C=O) groups is 1. The Morgan fingerprint density at radius 3 is 2.47 bits per heavy atom. The van der Waals surface area contributed by atoms with Gasteiger partial charge in [0, 0.05) is 31.2 Å². The van der Waals surface area contributed by atoms with Gasteiger partial charge in [-0.1, -0.05) is 32.0 Å². The van der Waals surface area contributed by atoms with Crippen molar-refractivity contribution in [3.05, 3.63) is 30.3 Å². The summed E-state index contributed by atoms with van der Waals surface area (Å²) in [5.41, 5.74) is 1.27. The summed E-state index contributed by atoms with van der Waals surface area (Å²) in [6, 6.07) is 10.4. The average molecular weight is 260 g/mol. The molecule has 1 aromatic rings. The van der Waals surface area contributed by atoms with E-state index < -0.39 is 0 Å². The Hall–Kier alpha value is -1.51. The number of nitrogens with one attached hydrogen (secondary N) is 1. The van der Waals surface area contributed by atoms with Crippen LogP contribution in [0.1, 0.15) is 26.7 Å². The fourth-order valence-electron chi connectivity index (χ4n) is 2.49. The Kier molecular flexibility index (Phi) is 4.83. The van der Waals surface area contributed by atoms with Gasteiger partial charge in [0.05, 0.1) is 0 Å². The standard InChI is InChI=1S/C16H24N2O/c1-13(2)12-17-16(19)14-8-10-18(11-9-14)15-6-4-3-5-7-15/h3-7,13-14H,8-12H2,1-2H3,(H,17,19). The predicted octanol–water partition coefficient (Wildman–Crippen LogP) is 2.68. The van der Waals surface area contributed by atoms with E-state index >= 15 is 0 Å². The summed E-state index contributed by atoms with van der Waals surface area (Å²) in [6.07, 6.45) is 1.91. The number of amides is 1. The van der Waals surface area contributed by atoms with Crippen molar-refractivity contribution in [3.63, 3.8) is 0 Å². The van der Waals surface area contributed by atoms with E-state index in [-0.39, 0.29) is 11.8 Å². The fourth-order valence-corrected chi connectivity index (χ4v) is 2.49. The Bertz CT molecular complexity index is 394. The molecule has 0 spiro atoms. The number of benzene rings is 1. The van der Waals surface area contributed by atoms with Gasteiger partial charge in [0.2, 0.25) is 5.91 Å². The molecule has 1 aliphatic heterocycles. The zero-order valence-electron chi connectivity index (χ0n) is 11.9. The van der Waals surface area contributed by atoms with Gasteiger partial charge >= 0.3 is 0 Å². The molecule has 1 N–H and O–H groups in total. The van der Waals surface area contributed by atoms with E-state index in [2.05, 4.69) is 48.3 Å². The Morgan fingerprint density at radius 2 is 1.89 bits per heavy atom. The van der Waals surface area contributed by atoms with Crippen LogP contribution < -0.4 is 10.2 Å². The van der Waals surface area contributed by atoms with Gasteiger partial charge in [0.1, 0.15) is 0 Å². The molecule has 3 heteroatoms. The van der Waals surface area contributed by atoms with Crippen LogP contribution in [0.25, 0.3) is 0 Å². The van der Waals surface area contributed by atoms with Crippen molar-refractivity contribution in [1.82, 2.24) is 5.32 Å². The van der Waals surface area contributed by atoms with Crippen molar-refractivity contribution in [2.75, 3.05) is 24.5 Å². The molecule has 0 atom stereocenters. The first-order valence-electron chi connectivity index (χ1n) is 7.24. The lowest BCUT2D eigenvalue weighted by molar-refractivity contribution is -0.125. The highest BCUT2D eigenvalue weighted by atomic mass is 16.1. The van der Waals surface area contributed by atoms with E-state index in [9.17, 15) is 4.79 Å². The molecule has 0 aliphatic carbocycles. The summed E-state index contributed by atoms with van der Waals surface area (Å²) in [4.78, 5) is 14.4. The normalized spacial score (nSPS) is 16.7. The van der Waals surface area contributed by atoms with Crippen molar-refractivity contribution in [2.45, 2.75) is 26.7 Å². The molecule has 0 unspecified atom stereocenters. The number of piperidine rings is 1. The SMILES string of the molecule is CC(C)CNC(=O)C1CCN(c2ccccc2)CC1. The van der Waals surface area contributed by atoms with Crippen LogP contribution >= 0.6 is 0 Å². The molecule has 1 saturated heterocycles. The molecule has 0 bridgehead atoms. The Labute approximate surface area is 116 Å². The van der Waals surface area contributed by atoms with Crippen LogP contribution in [0, 0.1) is 11.8 Å². The summed E-state index contributed by atoms with van der Waals surface area (Å²) < 4.78 is 0. The van der Waals surface area contributed by atoms with Crippen LogP contribution in [0.15, 0.2) is 30.3 Å². The third kappa shape index (κ3) is 3.98. The summed E-state index contributed by atoms with van der Waals surface area (Å²) in [5.74, 6) is 0.952. The molecule has 1 fully saturated rings. The molecule has 0 saturated carbocycles. The number of carbonyl (C=O) groups excluding carboxylic acids is 1. The van der Waals surface area contributed by atoms with E-state index in [4.69, 9.17) is 0 Å². The summed E-state index contributed by atoms with van der Waals surface area (Å²) in [7, 11) is 0. The molecule has 1 heterocycles. The van der Waals surface area contributed by atoms with Crippen LogP contribution in [-0.4, -0.2) is 25.5 Å². The van der Waals surface area contributed by atoms with Crippen LogP contribution in [0.4, 0.5) is 5.69 Å². The predicted molar refractivity (Wildman–Crippen MR) is 79.2 cm³/mol. The minimum atomic E-state index is 0.193. The van der Waals surface area contributed by atoms with Gasteiger partial charge in [0.25, 0.3) is 0 Å². The van der Waals surface area contributed by atoms with E-state index in [1.54, 1.807) is 0 Å². The maximum atomic E-state index is 12.0. The Morgan fingerprint density at radius 1 is 1.26 bits per heavy atom. The van der Waals surface area contributed by atoms with Crippen molar-refractivity contribution in [3.8, 4) is 0 Å². The number of hydrogen-bond acceptors (Lipinski definition) is 2. The highest BCUT2D eigenvalue weighted by molar-refractivity contribution is 5.79. The summed E-state index contributed by atoms with van der Waals surface area (Å²) in [5, 5.41) is 3.05. The molecular weight excluding hydrogens is 236 g/mol. The first-order valence-corrected chi connectivity index (χ1v) is 7.24. The van der Waals surface area contributed by atoms with Crippen molar-refractivity contribution in [2.24, 2.45) is 11.8 Å². The average Bonchev–Trinajstić information content (AvgIpc) is 2.46. The number of hydrogen-bond donors (Lipinski definition) is 1. The van der Waals surface area contributed by atoms with Crippen LogP contribution in [0.3, 0.4) is 0 Å². The first-order chi connectivity index (χ1) is 9.16. The molecule has 3 nitrogen and oxygen atoms in total. The zero-order valence-corrected chi connectivity index (χ0v) is 11.9. The van der Waals surface area contributed by atoms with Crippen molar-refractivity contribution in [1.29, 1.82) is 0 Å². The first kappa shape index (κ1) is 13.9. The minimum absolute atomic E-state index is 0.193. The van der Waals surface area contributed by atoms with E-state index in [0.29, 0.717) is 5.92 Å². The maximum Gasteiger partial charge on any atom is 0.223 e. The Balaban J connectivity index is 1.81. The third-order valence-electron chi connectivity index (χ3n) is 3.67. The van der Waals surface area contributed by atoms with Crippen LogP contribution in [0.2, 0.25) is 0 Å². The molecule has 1 amide bonds. The van der Waals surface area contributed by atoms with Crippen LogP contribution in [0.5, 0.6) is 0 Å². The quantitative estimate of drug-likeness (QED) is 0.902. The molecular formula is C16H24N2O. The minimum Gasteiger partial charge on any atom is -0.371 e. The number of para-hydroxylation sites is 1. The largest absolute Gasteiger partial charge is 0.371 e. The monoisotopic (exact) mass is 260 g/mol. The van der Waals surface area contributed by atoms with Gasteiger partial charge in [-0.2, -0.15) is 0 Å². The fraction of sp³-hybridized carbons (Fsp3) is 0.562. The van der Waals surface area contributed by atoms with E-state index in [1.165, 1.54) is 5.69 Å². The van der Waals surface area contributed by atoms with Crippen LogP contribution in [-0.2, 0) is 4.79 Å². The molecule has 0 radical (unpaired) electrons. The highest BCUT2D eigenvalue weighted by Crippen LogP contribution is 2.23. The number of anilines is 1. The molecule has 0 aromatic heterocycles. The summed E-state index contributed by atoms with van der Waals surface area (Å²) in [6.45, 7) is 6.99. The second-order valence-electron chi connectivity index (χ2n) is 5.74. The number of nitrogens with zero attached hydrogens (tertiary/aromatic N) is 1. The highest BCUT2D eigenvalue weighted by Gasteiger charge is 2.24. The number of rotatable bonds is 4. The molecule has 19 heavy (non-hydrogen) atoms. The summed E-state index contributed by atoms with van der Waals surface area (Å²) >= 11 is 0. The van der Waals surface area contributed by atoms with Gasteiger partial charge in [-0.25, -0.2) is 0 Å². The van der Waals surface area contributed by atoms with E-state index in [1.807, 2.05) is 6.07 Å². The molecule has 1 aliphatic rings. The third-order valence-corrected chi connectivity index (χ3v) is 3.67. The van der Waals surface area contributed by atoms with Gasteiger partial charge in [0.15, 0.2) is 0 Å². The van der Waals surface area contributed by atoms with Crippen molar-refractivity contribution < 1.29 is 4.79 Å². The maximum absolute atomic E-state index is 12.0. The second-order valence-corrected chi connectivity index (χ2v) is 5.74. The van der Waals surface area contributed by atoms with E-state index in [0.717, 1.165) is 32.5 Å². The lowest BCUT2D eigenvalue weighted by Crippen LogP contribution is -2.41. The smallest absolute Gasteiger partial charge is 0.223 e. The lowest BCUT2D eigenvalue weighted by atomic mass is 9.95. The lowest BCUT2D eigenvalue weighted by Gasteiger charge is -2.33. The molecule has 1 aromatic carbocycles. The second kappa shape index (κ2) is 6.60. The topological polar surface area (TPSA) is 32.3 Å². The molecule has 104 valence electrons. The van der Waals surface area contributed by atoms with Gasteiger partial charge < -0.3 is 10.2 Å². The zero-order chi connectivity index (χ0) is 13.7. The van der Waals surface area contributed by atoms with Crippen molar-refractivity contribution >= 4 is 11.6 Å². The molecule has 2 rings (SSSR count). The van der Waals surface area contributed by atoms with Gasteiger partial charge in [-0.3, -0.25) is 4.79 Å².